The van der Waals surface area contributed by atoms with Crippen LogP contribution < -0.4 is 10.1 Å². The molecule has 4 rings (SSSR count). The van der Waals surface area contributed by atoms with E-state index >= 15 is 0 Å². The van der Waals surface area contributed by atoms with Gasteiger partial charge in [-0.25, -0.2) is 0 Å². The van der Waals surface area contributed by atoms with Gasteiger partial charge in [-0.15, -0.1) is 0 Å². The lowest BCUT2D eigenvalue weighted by molar-refractivity contribution is -0.126. The number of hydrogen-bond donors (Lipinski definition) is 2. The van der Waals surface area contributed by atoms with E-state index in [-0.39, 0.29) is 18.4 Å². The molecule has 7 nitrogen and oxygen atoms in total. The molecule has 1 fully saturated rings. The number of pyridine rings is 1. The highest BCUT2D eigenvalue weighted by atomic mass is 35.5. The van der Waals surface area contributed by atoms with Gasteiger partial charge in [0, 0.05) is 47.9 Å². The van der Waals surface area contributed by atoms with Crippen LogP contribution in [0.25, 0.3) is 22.5 Å². The molecule has 1 amide bonds. The number of hydrogen-bond acceptors (Lipinski definition) is 6. The maximum Gasteiger partial charge on any atom is 0.223 e. The van der Waals surface area contributed by atoms with Crippen LogP contribution in [0.5, 0.6) is 5.75 Å². The van der Waals surface area contributed by atoms with Crippen molar-refractivity contribution in [3.63, 3.8) is 0 Å². The number of aromatic nitrogens is 1. The number of aliphatic hydroxyl groups excluding tert-OH is 1. The minimum atomic E-state index is -0.441. The van der Waals surface area contributed by atoms with Crippen molar-refractivity contribution in [3.8, 4) is 28.2 Å². The molecule has 2 N–H and O–H groups in total. The third-order valence-electron chi connectivity index (χ3n) is 6.88. The van der Waals surface area contributed by atoms with Gasteiger partial charge in [-0.3, -0.25) is 9.78 Å². The van der Waals surface area contributed by atoms with Gasteiger partial charge in [0.2, 0.25) is 5.91 Å². The smallest absolute Gasteiger partial charge is 0.223 e. The van der Waals surface area contributed by atoms with E-state index in [2.05, 4.69) is 29.0 Å². The summed E-state index contributed by atoms with van der Waals surface area (Å²) in [6.07, 6.45) is 5.09. The SMILES string of the molecule is COc1cc(-c2cc(C(C)(C)CNC(=O)C3CCN(CCO)CC3)oc2-c2ccncc2)ccc1Cl. The van der Waals surface area contributed by atoms with Crippen molar-refractivity contribution >= 4 is 17.5 Å². The van der Waals surface area contributed by atoms with Gasteiger partial charge >= 0.3 is 0 Å². The number of likely N-dealkylation sites (tertiary alicyclic amines) is 1. The second kappa shape index (κ2) is 11.5. The Morgan fingerprint density at radius 2 is 1.92 bits per heavy atom. The summed E-state index contributed by atoms with van der Waals surface area (Å²) in [5, 5.41) is 12.8. The molecule has 3 heterocycles. The van der Waals surface area contributed by atoms with Gasteiger partial charge in [0.25, 0.3) is 0 Å². The Morgan fingerprint density at radius 1 is 1.19 bits per heavy atom. The zero-order valence-electron chi connectivity index (χ0n) is 21.1. The molecule has 0 spiro atoms. The zero-order chi connectivity index (χ0) is 25.7. The standard InChI is InChI=1S/C28H34ClN3O4/c1-28(2,18-31-27(34)20-8-12-32(13-9-20)14-15-33)25-17-22(21-4-5-23(29)24(16-21)35-3)26(36-25)19-6-10-30-11-7-19/h4-7,10-11,16-17,20,33H,8-9,12-15,18H2,1-3H3,(H,31,34). The lowest BCUT2D eigenvalue weighted by Crippen LogP contribution is -2.44. The van der Waals surface area contributed by atoms with Crippen molar-refractivity contribution in [2.24, 2.45) is 5.92 Å². The van der Waals surface area contributed by atoms with Crippen molar-refractivity contribution < 1.29 is 19.1 Å². The van der Waals surface area contributed by atoms with Gasteiger partial charge in [0.05, 0.1) is 18.7 Å². The number of nitrogens with zero attached hydrogens (tertiary/aromatic N) is 2. The van der Waals surface area contributed by atoms with Crippen LogP contribution in [-0.2, 0) is 10.2 Å². The minimum absolute atomic E-state index is 0.00295. The molecule has 0 unspecified atom stereocenters. The highest BCUT2D eigenvalue weighted by molar-refractivity contribution is 6.32. The quantitative estimate of drug-likeness (QED) is 0.430. The third-order valence-corrected chi connectivity index (χ3v) is 7.20. The molecule has 0 aliphatic carbocycles. The first-order valence-electron chi connectivity index (χ1n) is 12.3. The van der Waals surface area contributed by atoms with Crippen LogP contribution in [0.3, 0.4) is 0 Å². The Labute approximate surface area is 217 Å². The predicted molar refractivity (Wildman–Crippen MR) is 141 cm³/mol. The Kier molecular flexibility index (Phi) is 8.34. The Bertz CT molecular complexity index is 1170. The zero-order valence-corrected chi connectivity index (χ0v) is 21.8. The number of benzene rings is 1. The molecule has 0 saturated carbocycles. The number of methoxy groups -OCH3 is 1. The number of carbonyl (C=O) groups is 1. The van der Waals surface area contributed by atoms with Crippen LogP contribution in [0.15, 0.2) is 53.2 Å². The lowest BCUT2D eigenvalue weighted by atomic mass is 9.88. The number of furan rings is 1. The normalized spacial score (nSPS) is 15.1. The van der Waals surface area contributed by atoms with Crippen molar-refractivity contribution in [1.82, 2.24) is 15.2 Å². The molecule has 1 aliphatic heterocycles. The summed E-state index contributed by atoms with van der Waals surface area (Å²) < 4.78 is 11.9. The van der Waals surface area contributed by atoms with E-state index < -0.39 is 5.41 Å². The molecule has 192 valence electrons. The highest BCUT2D eigenvalue weighted by Crippen LogP contribution is 2.41. The van der Waals surface area contributed by atoms with Crippen LogP contribution in [0, 0.1) is 5.92 Å². The van der Waals surface area contributed by atoms with Crippen molar-refractivity contribution in [2.45, 2.75) is 32.1 Å². The van der Waals surface area contributed by atoms with Gasteiger partial charge in [0.15, 0.2) is 0 Å². The van der Waals surface area contributed by atoms with E-state index in [0.717, 1.165) is 54.1 Å². The molecule has 0 atom stereocenters. The molecular weight excluding hydrogens is 478 g/mol. The van der Waals surface area contributed by atoms with E-state index in [4.69, 9.17) is 25.9 Å². The fraction of sp³-hybridized carbons (Fsp3) is 0.429. The predicted octanol–water partition coefficient (Wildman–Crippen LogP) is 4.77. The number of rotatable bonds is 9. The van der Waals surface area contributed by atoms with Crippen molar-refractivity contribution in [3.05, 3.63) is 59.6 Å². The Morgan fingerprint density at radius 3 is 2.58 bits per heavy atom. The summed E-state index contributed by atoms with van der Waals surface area (Å²) in [7, 11) is 1.60. The van der Waals surface area contributed by atoms with Gasteiger partial charge < -0.3 is 24.5 Å². The number of ether oxygens (including phenoxy) is 1. The minimum Gasteiger partial charge on any atom is -0.495 e. The topological polar surface area (TPSA) is 87.8 Å². The van der Waals surface area contributed by atoms with Crippen LogP contribution in [0.2, 0.25) is 5.02 Å². The average molecular weight is 512 g/mol. The van der Waals surface area contributed by atoms with E-state index in [9.17, 15) is 4.79 Å². The maximum absolute atomic E-state index is 12.9. The second-order valence-electron chi connectivity index (χ2n) is 9.88. The van der Waals surface area contributed by atoms with E-state index in [1.165, 1.54) is 0 Å². The van der Waals surface area contributed by atoms with Gasteiger partial charge in [0.1, 0.15) is 17.3 Å². The molecule has 2 aromatic heterocycles. The van der Waals surface area contributed by atoms with Crippen LogP contribution in [0.4, 0.5) is 0 Å². The van der Waals surface area contributed by atoms with E-state index in [1.54, 1.807) is 19.5 Å². The summed E-state index contributed by atoms with van der Waals surface area (Å²) in [5.41, 5.74) is 2.31. The van der Waals surface area contributed by atoms with Crippen molar-refractivity contribution in [2.75, 3.05) is 39.9 Å². The molecule has 36 heavy (non-hydrogen) atoms. The Balaban J connectivity index is 1.55. The molecule has 0 bridgehead atoms. The summed E-state index contributed by atoms with van der Waals surface area (Å²) in [6, 6.07) is 11.5. The molecule has 1 saturated heterocycles. The van der Waals surface area contributed by atoms with Crippen LogP contribution in [0.1, 0.15) is 32.4 Å². The highest BCUT2D eigenvalue weighted by Gasteiger charge is 2.31. The monoisotopic (exact) mass is 511 g/mol. The number of amides is 1. The number of carbonyl (C=O) groups excluding carboxylic acids is 1. The first kappa shape index (κ1) is 26.2. The van der Waals surface area contributed by atoms with E-state index in [1.807, 2.05) is 36.4 Å². The summed E-state index contributed by atoms with van der Waals surface area (Å²) in [4.78, 5) is 19.2. The Hall–Kier alpha value is -2.87. The fourth-order valence-electron chi connectivity index (χ4n) is 4.58. The summed E-state index contributed by atoms with van der Waals surface area (Å²) in [5.74, 6) is 2.17. The summed E-state index contributed by atoms with van der Waals surface area (Å²) >= 11 is 6.27. The van der Waals surface area contributed by atoms with Crippen LogP contribution >= 0.6 is 11.6 Å². The maximum atomic E-state index is 12.9. The van der Waals surface area contributed by atoms with Gasteiger partial charge in [-0.1, -0.05) is 31.5 Å². The average Bonchev–Trinajstić information content (AvgIpc) is 3.35. The summed E-state index contributed by atoms with van der Waals surface area (Å²) in [6.45, 7) is 7.08. The first-order valence-corrected chi connectivity index (χ1v) is 12.7. The number of aliphatic hydroxyl groups is 1. The molecule has 1 aliphatic rings. The molecule has 1 aromatic carbocycles. The number of piperidine rings is 1. The molecular formula is C28H34ClN3O4. The largest absolute Gasteiger partial charge is 0.495 e. The fourth-order valence-corrected chi connectivity index (χ4v) is 4.78. The molecule has 3 aromatic rings. The second-order valence-corrected chi connectivity index (χ2v) is 10.3. The number of nitrogens with one attached hydrogen (secondary N) is 1. The van der Waals surface area contributed by atoms with E-state index in [0.29, 0.717) is 23.9 Å². The number of β-amino-alcohol motifs (C(OH)–C–C–N with tert-alkyl or cyclic N) is 1. The molecule has 0 radical (unpaired) electrons. The van der Waals surface area contributed by atoms with Crippen LogP contribution in [-0.4, -0.2) is 60.8 Å². The van der Waals surface area contributed by atoms with Crippen molar-refractivity contribution in [1.29, 1.82) is 0 Å². The van der Waals surface area contributed by atoms with Gasteiger partial charge in [-0.05, 0) is 61.8 Å². The molecule has 8 heteroatoms. The lowest BCUT2D eigenvalue weighted by Gasteiger charge is -2.31. The first-order chi connectivity index (χ1) is 17.3. The number of halogens is 1. The third kappa shape index (κ3) is 5.91. The van der Waals surface area contributed by atoms with Gasteiger partial charge in [-0.2, -0.15) is 0 Å².